The molecule has 0 amide bonds. The minimum Gasteiger partial charge on any atom is -0.468 e. The summed E-state index contributed by atoms with van der Waals surface area (Å²) in [6.07, 6.45) is 1.81. The zero-order chi connectivity index (χ0) is 15.9. The van der Waals surface area contributed by atoms with Crippen LogP contribution in [0.15, 0.2) is 22.8 Å². The summed E-state index contributed by atoms with van der Waals surface area (Å²) in [5.41, 5.74) is 0. The first kappa shape index (κ1) is 17.5. The van der Waals surface area contributed by atoms with Crippen LogP contribution >= 0.6 is 0 Å². The van der Waals surface area contributed by atoms with E-state index in [1.54, 1.807) is 0 Å². The molecule has 2 heterocycles. The average Bonchev–Trinajstić information content (AvgIpc) is 2.98. The van der Waals surface area contributed by atoms with Crippen LogP contribution in [-0.4, -0.2) is 55.6 Å². The Morgan fingerprint density at radius 1 is 1.14 bits per heavy atom. The molecule has 4 nitrogen and oxygen atoms in total. The molecular weight excluding hydrogens is 274 g/mol. The van der Waals surface area contributed by atoms with Crippen molar-refractivity contribution in [3.63, 3.8) is 0 Å². The van der Waals surface area contributed by atoms with Crippen LogP contribution in [0.5, 0.6) is 0 Å². The molecule has 1 aromatic heterocycles. The standard InChI is InChI=1S/C18H33N3O/c1-15(2)12-21(13-16(3)4)17(18-6-5-11-22-18)14-20-9-7-19-8-10-20/h5-6,11,15-17,19H,7-10,12-14H2,1-4H3. The van der Waals surface area contributed by atoms with E-state index in [2.05, 4.69) is 48.9 Å². The quantitative estimate of drug-likeness (QED) is 0.800. The normalized spacial score (nSPS) is 18.5. The minimum absolute atomic E-state index is 0.359. The fraction of sp³-hybridized carbons (Fsp3) is 0.778. The summed E-state index contributed by atoms with van der Waals surface area (Å²) in [6.45, 7) is 17.0. The second-order valence-corrected chi connectivity index (χ2v) is 7.32. The number of hydrogen-bond donors (Lipinski definition) is 1. The largest absolute Gasteiger partial charge is 0.468 e. The maximum absolute atomic E-state index is 5.80. The van der Waals surface area contributed by atoms with E-state index in [0.717, 1.165) is 51.6 Å². The molecule has 4 heteroatoms. The van der Waals surface area contributed by atoms with E-state index in [0.29, 0.717) is 17.9 Å². The maximum Gasteiger partial charge on any atom is 0.122 e. The van der Waals surface area contributed by atoms with Gasteiger partial charge in [-0.2, -0.15) is 0 Å². The van der Waals surface area contributed by atoms with E-state index >= 15 is 0 Å². The first-order valence-corrected chi connectivity index (χ1v) is 8.76. The molecule has 0 aromatic carbocycles. The number of piperazine rings is 1. The summed E-state index contributed by atoms with van der Waals surface area (Å²) >= 11 is 0. The summed E-state index contributed by atoms with van der Waals surface area (Å²) < 4.78 is 5.80. The van der Waals surface area contributed by atoms with Gasteiger partial charge in [0.15, 0.2) is 0 Å². The van der Waals surface area contributed by atoms with Crippen LogP contribution in [0.3, 0.4) is 0 Å². The molecule has 1 aliphatic rings. The fourth-order valence-electron chi connectivity index (χ4n) is 3.27. The van der Waals surface area contributed by atoms with Crippen molar-refractivity contribution in [3.8, 4) is 0 Å². The summed E-state index contributed by atoms with van der Waals surface area (Å²) in [4.78, 5) is 5.19. The predicted molar refractivity (Wildman–Crippen MR) is 92.0 cm³/mol. The first-order chi connectivity index (χ1) is 10.6. The van der Waals surface area contributed by atoms with Gasteiger partial charge in [0.25, 0.3) is 0 Å². The van der Waals surface area contributed by atoms with Crippen molar-refractivity contribution in [3.05, 3.63) is 24.2 Å². The van der Waals surface area contributed by atoms with Gasteiger partial charge in [-0.25, -0.2) is 0 Å². The van der Waals surface area contributed by atoms with Gasteiger partial charge in [0.2, 0.25) is 0 Å². The Kier molecular flexibility index (Phi) is 6.93. The van der Waals surface area contributed by atoms with E-state index in [-0.39, 0.29) is 0 Å². The molecule has 1 atom stereocenters. The highest BCUT2D eigenvalue weighted by molar-refractivity contribution is 5.06. The average molecular weight is 307 g/mol. The molecule has 1 unspecified atom stereocenters. The monoisotopic (exact) mass is 307 g/mol. The van der Waals surface area contributed by atoms with Crippen molar-refractivity contribution in [2.75, 3.05) is 45.8 Å². The maximum atomic E-state index is 5.80. The second kappa shape index (κ2) is 8.70. The topological polar surface area (TPSA) is 31.6 Å². The smallest absolute Gasteiger partial charge is 0.122 e. The van der Waals surface area contributed by atoms with Gasteiger partial charge in [0.1, 0.15) is 5.76 Å². The van der Waals surface area contributed by atoms with Crippen molar-refractivity contribution in [2.45, 2.75) is 33.7 Å². The van der Waals surface area contributed by atoms with Gasteiger partial charge in [0.05, 0.1) is 12.3 Å². The third kappa shape index (κ3) is 5.41. The second-order valence-electron chi connectivity index (χ2n) is 7.32. The Bertz CT molecular complexity index is 386. The Balaban J connectivity index is 2.12. The van der Waals surface area contributed by atoms with E-state index in [9.17, 15) is 0 Å². The highest BCUT2D eigenvalue weighted by atomic mass is 16.3. The fourth-order valence-corrected chi connectivity index (χ4v) is 3.27. The number of nitrogens with one attached hydrogen (secondary N) is 1. The SMILES string of the molecule is CC(C)CN(CC(C)C)C(CN1CCNCC1)c1ccco1. The molecule has 1 fully saturated rings. The molecule has 126 valence electrons. The minimum atomic E-state index is 0.359. The molecule has 0 radical (unpaired) electrons. The van der Waals surface area contributed by atoms with Gasteiger partial charge in [-0.05, 0) is 24.0 Å². The predicted octanol–water partition coefficient (Wildman–Crippen LogP) is 2.84. The Morgan fingerprint density at radius 3 is 2.27 bits per heavy atom. The van der Waals surface area contributed by atoms with Crippen LogP contribution in [0.25, 0.3) is 0 Å². The number of nitrogens with zero attached hydrogens (tertiary/aromatic N) is 2. The van der Waals surface area contributed by atoms with Crippen LogP contribution in [0.2, 0.25) is 0 Å². The molecule has 2 rings (SSSR count). The number of rotatable bonds is 8. The third-order valence-corrected chi connectivity index (χ3v) is 4.15. The van der Waals surface area contributed by atoms with E-state index < -0.39 is 0 Å². The Labute approximate surface area is 135 Å². The Hall–Kier alpha value is -0.840. The summed E-state index contributed by atoms with van der Waals surface area (Å²) in [7, 11) is 0. The lowest BCUT2D eigenvalue weighted by atomic mass is 10.1. The molecule has 1 aromatic rings. The van der Waals surface area contributed by atoms with Gasteiger partial charge < -0.3 is 9.73 Å². The van der Waals surface area contributed by atoms with Gasteiger partial charge in [0, 0.05) is 45.8 Å². The van der Waals surface area contributed by atoms with Crippen LogP contribution in [0.4, 0.5) is 0 Å². The molecule has 22 heavy (non-hydrogen) atoms. The molecule has 1 saturated heterocycles. The van der Waals surface area contributed by atoms with Gasteiger partial charge >= 0.3 is 0 Å². The lowest BCUT2D eigenvalue weighted by Gasteiger charge is -2.37. The molecule has 1 aliphatic heterocycles. The third-order valence-electron chi connectivity index (χ3n) is 4.15. The van der Waals surface area contributed by atoms with Gasteiger partial charge in [-0.3, -0.25) is 9.80 Å². The summed E-state index contributed by atoms with van der Waals surface area (Å²) in [6, 6.07) is 4.52. The van der Waals surface area contributed by atoms with Crippen LogP contribution in [0, 0.1) is 11.8 Å². The molecule has 0 bridgehead atoms. The van der Waals surface area contributed by atoms with E-state index in [1.165, 1.54) is 0 Å². The Morgan fingerprint density at radius 2 is 1.77 bits per heavy atom. The van der Waals surface area contributed by atoms with Crippen molar-refractivity contribution in [1.29, 1.82) is 0 Å². The summed E-state index contributed by atoms with van der Waals surface area (Å²) in [5.74, 6) is 2.44. The van der Waals surface area contributed by atoms with Crippen molar-refractivity contribution in [2.24, 2.45) is 11.8 Å². The number of hydrogen-bond acceptors (Lipinski definition) is 4. The van der Waals surface area contributed by atoms with E-state index in [1.807, 2.05) is 12.3 Å². The van der Waals surface area contributed by atoms with Gasteiger partial charge in [-0.1, -0.05) is 27.7 Å². The lowest BCUT2D eigenvalue weighted by Crippen LogP contribution is -2.48. The van der Waals surface area contributed by atoms with Crippen LogP contribution in [0.1, 0.15) is 39.5 Å². The highest BCUT2D eigenvalue weighted by Crippen LogP contribution is 2.25. The molecule has 0 aliphatic carbocycles. The number of furan rings is 1. The highest BCUT2D eigenvalue weighted by Gasteiger charge is 2.27. The zero-order valence-electron chi connectivity index (χ0n) is 14.7. The zero-order valence-corrected chi connectivity index (χ0v) is 14.7. The summed E-state index contributed by atoms with van der Waals surface area (Å²) in [5, 5.41) is 3.44. The van der Waals surface area contributed by atoms with Gasteiger partial charge in [-0.15, -0.1) is 0 Å². The van der Waals surface area contributed by atoms with E-state index in [4.69, 9.17) is 4.42 Å². The molecule has 0 spiro atoms. The van der Waals surface area contributed by atoms with Crippen LogP contribution < -0.4 is 5.32 Å². The van der Waals surface area contributed by atoms with Crippen molar-refractivity contribution < 1.29 is 4.42 Å². The molecule has 0 saturated carbocycles. The molecular formula is C18H33N3O. The van der Waals surface area contributed by atoms with Crippen LogP contribution in [-0.2, 0) is 0 Å². The first-order valence-electron chi connectivity index (χ1n) is 8.76. The lowest BCUT2D eigenvalue weighted by molar-refractivity contribution is 0.0938. The molecule has 1 N–H and O–H groups in total. The van der Waals surface area contributed by atoms with Crippen molar-refractivity contribution >= 4 is 0 Å². The van der Waals surface area contributed by atoms with Crippen molar-refractivity contribution in [1.82, 2.24) is 15.1 Å².